The number of hydrogen-bond donors (Lipinski definition) is 2. The summed E-state index contributed by atoms with van der Waals surface area (Å²) in [5, 5.41) is 20.4. The van der Waals surface area contributed by atoms with Gasteiger partial charge in [-0.05, 0) is 25.0 Å². The van der Waals surface area contributed by atoms with Gasteiger partial charge in [-0.15, -0.1) is 0 Å². The maximum atomic E-state index is 10.5. The van der Waals surface area contributed by atoms with E-state index >= 15 is 0 Å². The molecule has 3 heteroatoms. The first-order valence-electron chi connectivity index (χ1n) is 5.75. The van der Waals surface area contributed by atoms with Gasteiger partial charge in [0, 0.05) is 11.6 Å². The molecule has 3 nitrogen and oxygen atoms in total. The van der Waals surface area contributed by atoms with Crippen LogP contribution in [0.4, 0.5) is 0 Å². The summed E-state index contributed by atoms with van der Waals surface area (Å²) in [4.78, 5) is 0. The Bertz CT molecular complexity index is 367. The fourth-order valence-corrected chi connectivity index (χ4v) is 2.44. The van der Waals surface area contributed by atoms with Crippen LogP contribution in [0.5, 0.6) is 11.5 Å². The number of hydrogen-bond acceptors (Lipinski definition) is 3. The molecule has 0 bridgehead atoms. The van der Waals surface area contributed by atoms with E-state index in [9.17, 15) is 10.2 Å². The molecule has 2 rings (SSSR count). The number of methoxy groups -OCH3 is 1. The van der Waals surface area contributed by atoms with Crippen LogP contribution in [0.2, 0.25) is 0 Å². The SMILES string of the molecule is COc1ccc(C2(O)CCCCC2)c(O)c1. The van der Waals surface area contributed by atoms with E-state index < -0.39 is 5.60 Å². The number of ether oxygens (including phenoxy) is 1. The lowest BCUT2D eigenvalue weighted by molar-refractivity contribution is -0.00255. The minimum atomic E-state index is -0.853. The molecule has 0 unspecified atom stereocenters. The van der Waals surface area contributed by atoms with Crippen LogP contribution in [0, 0.1) is 0 Å². The van der Waals surface area contributed by atoms with Gasteiger partial charge in [0.15, 0.2) is 0 Å². The summed E-state index contributed by atoms with van der Waals surface area (Å²) in [5.74, 6) is 0.740. The molecule has 1 aromatic rings. The Morgan fingerprint density at radius 1 is 1.19 bits per heavy atom. The van der Waals surface area contributed by atoms with E-state index in [1.54, 1.807) is 25.3 Å². The predicted octanol–water partition coefficient (Wildman–Crippen LogP) is 2.55. The minimum absolute atomic E-state index is 0.128. The van der Waals surface area contributed by atoms with Gasteiger partial charge in [0.05, 0.1) is 12.7 Å². The molecular formula is C13H18O3. The molecule has 0 spiro atoms. The Labute approximate surface area is 95.7 Å². The van der Waals surface area contributed by atoms with Crippen molar-refractivity contribution in [1.29, 1.82) is 0 Å². The van der Waals surface area contributed by atoms with E-state index in [0.29, 0.717) is 11.3 Å². The third kappa shape index (κ3) is 2.00. The van der Waals surface area contributed by atoms with Crippen LogP contribution in [0.25, 0.3) is 0 Å². The van der Waals surface area contributed by atoms with Gasteiger partial charge in [-0.25, -0.2) is 0 Å². The molecule has 1 fully saturated rings. The molecule has 0 heterocycles. The summed E-state index contributed by atoms with van der Waals surface area (Å²) in [6.45, 7) is 0. The van der Waals surface area contributed by atoms with Crippen LogP contribution in [0.3, 0.4) is 0 Å². The summed E-state index contributed by atoms with van der Waals surface area (Å²) in [5.41, 5.74) is -0.220. The fourth-order valence-electron chi connectivity index (χ4n) is 2.44. The van der Waals surface area contributed by atoms with Gasteiger partial charge in [0.2, 0.25) is 0 Å². The largest absolute Gasteiger partial charge is 0.507 e. The van der Waals surface area contributed by atoms with Gasteiger partial charge >= 0.3 is 0 Å². The van der Waals surface area contributed by atoms with Crippen LogP contribution in [0.15, 0.2) is 18.2 Å². The third-order valence-electron chi connectivity index (χ3n) is 3.39. The Morgan fingerprint density at radius 2 is 1.88 bits per heavy atom. The Morgan fingerprint density at radius 3 is 2.44 bits per heavy atom. The molecule has 1 aliphatic carbocycles. The first-order valence-corrected chi connectivity index (χ1v) is 5.75. The van der Waals surface area contributed by atoms with Gasteiger partial charge in [0.1, 0.15) is 11.5 Å². The van der Waals surface area contributed by atoms with E-state index in [-0.39, 0.29) is 5.75 Å². The topological polar surface area (TPSA) is 49.7 Å². The van der Waals surface area contributed by atoms with E-state index in [2.05, 4.69) is 0 Å². The second kappa shape index (κ2) is 4.34. The maximum Gasteiger partial charge on any atom is 0.125 e. The first-order chi connectivity index (χ1) is 7.65. The molecule has 88 valence electrons. The predicted molar refractivity (Wildman–Crippen MR) is 61.6 cm³/mol. The molecule has 0 atom stereocenters. The number of aliphatic hydroxyl groups is 1. The van der Waals surface area contributed by atoms with Crippen molar-refractivity contribution in [2.75, 3.05) is 7.11 Å². The monoisotopic (exact) mass is 222 g/mol. The van der Waals surface area contributed by atoms with Gasteiger partial charge in [-0.2, -0.15) is 0 Å². The van der Waals surface area contributed by atoms with Gasteiger partial charge in [0.25, 0.3) is 0 Å². The second-order valence-corrected chi connectivity index (χ2v) is 4.48. The smallest absolute Gasteiger partial charge is 0.125 e. The van der Waals surface area contributed by atoms with Gasteiger partial charge in [-0.3, -0.25) is 0 Å². The van der Waals surface area contributed by atoms with Crippen LogP contribution >= 0.6 is 0 Å². The van der Waals surface area contributed by atoms with Crippen molar-refractivity contribution in [1.82, 2.24) is 0 Å². The highest BCUT2D eigenvalue weighted by Crippen LogP contribution is 2.41. The molecule has 1 saturated carbocycles. The highest BCUT2D eigenvalue weighted by molar-refractivity contribution is 5.43. The minimum Gasteiger partial charge on any atom is -0.507 e. The zero-order valence-corrected chi connectivity index (χ0v) is 9.57. The van der Waals surface area contributed by atoms with Crippen LogP contribution in [-0.4, -0.2) is 17.3 Å². The van der Waals surface area contributed by atoms with Crippen molar-refractivity contribution >= 4 is 0 Å². The molecule has 0 aliphatic heterocycles. The van der Waals surface area contributed by atoms with Crippen LogP contribution in [-0.2, 0) is 5.60 Å². The van der Waals surface area contributed by atoms with Crippen molar-refractivity contribution in [2.45, 2.75) is 37.7 Å². The van der Waals surface area contributed by atoms with E-state index in [0.717, 1.165) is 25.7 Å². The lowest BCUT2D eigenvalue weighted by Crippen LogP contribution is -2.28. The summed E-state index contributed by atoms with van der Waals surface area (Å²) < 4.78 is 5.03. The molecule has 1 aliphatic rings. The number of phenolic OH excluding ortho intramolecular Hbond substituents is 1. The molecule has 0 aromatic heterocycles. The van der Waals surface area contributed by atoms with Crippen molar-refractivity contribution in [3.8, 4) is 11.5 Å². The molecular weight excluding hydrogens is 204 g/mol. The summed E-state index contributed by atoms with van der Waals surface area (Å²) in [6, 6.07) is 5.10. The lowest BCUT2D eigenvalue weighted by Gasteiger charge is -2.33. The fraction of sp³-hybridized carbons (Fsp3) is 0.538. The first kappa shape index (κ1) is 11.3. The van der Waals surface area contributed by atoms with E-state index in [1.165, 1.54) is 6.42 Å². The van der Waals surface area contributed by atoms with Crippen molar-refractivity contribution in [3.63, 3.8) is 0 Å². The number of aromatic hydroxyl groups is 1. The molecule has 16 heavy (non-hydrogen) atoms. The van der Waals surface area contributed by atoms with Crippen molar-refractivity contribution in [3.05, 3.63) is 23.8 Å². The number of rotatable bonds is 2. The Hall–Kier alpha value is -1.22. The normalized spacial score (nSPS) is 19.4. The summed E-state index contributed by atoms with van der Waals surface area (Å²) in [6.07, 6.45) is 4.66. The molecule has 0 radical (unpaired) electrons. The maximum absolute atomic E-state index is 10.5. The zero-order valence-electron chi connectivity index (χ0n) is 9.57. The lowest BCUT2D eigenvalue weighted by atomic mass is 9.79. The summed E-state index contributed by atoms with van der Waals surface area (Å²) >= 11 is 0. The Kier molecular flexibility index (Phi) is 3.06. The third-order valence-corrected chi connectivity index (χ3v) is 3.39. The standard InChI is InChI=1S/C13H18O3/c1-16-10-5-6-11(12(14)9-10)13(15)7-3-2-4-8-13/h5-6,9,14-15H,2-4,7-8H2,1H3. The quantitative estimate of drug-likeness (QED) is 0.808. The molecule has 2 N–H and O–H groups in total. The molecule has 0 amide bonds. The van der Waals surface area contributed by atoms with E-state index in [4.69, 9.17) is 4.74 Å². The van der Waals surface area contributed by atoms with Crippen molar-refractivity contribution in [2.24, 2.45) is 0 Å². The van der Waals surface area contributed by atoms with Gasteiger partial charge in [-0.1, -0.05) is 19.3 Å². The molecule has 1 aromatic carbocycles. The second-order valence-electron chi connectivity index (χ2n) is 4.48. The number of phenols is 1. The van der Waals surface area contributed by atoms with Crippen LogP contribution < -0.4 is 4.74 Å². The highest BCUT2D eigenvalue weighted by Gasteiger charge is 2.33. The van der Waals surface area contributed by atoms with Crippen molar-refractivity contribution < 1.29 is 14.9 Å². The average Bonchev–Trinajstić information content (AvgIpc) is 2.29. The molecule has 0 saturated heterocycles. The van der Waals surface area contributed by atoms with E-state index in [1.807, 2.05) is 0 Å². The highest BCUT2D eigenvalue weighted by atomic mass is 16.5. The zero-order chi connectivity index (χ0) is 11.6. The Balaban J connectivity index is 2.32. The van der Waals surface area contributed by atoms with Gasteiger partial charge < -0.3 is 14.9 Å². The number of benzene rings is 1. The van der Waals surface area contributed by atoms with Crippen LogP contribution in [0.1, 0.15) is 37.7 Å². The average molecular weight is 222 g/mol. The summed E-state index contributed by atoms with van der Waals surface area (Å²) in [7, 11) is 1.56.